The molecule has 0 saturated carbocycles. The molecule has 1 amide bonds. The van der Waals surface area contributed by atoms with Crippen molar-refractivity contribution in [3.8, 4) is 5.69 Å². The van der Waals surface area contributed by atoms with Gasteiger partial charge in [0.05, 0.1) is 29.7 Å². The molecule has 1 aromatic carbocycles. The van der Waals surface area contributed by atoms with E-state index in [9.17, 15) is 4.79 Å². The van der Waals surface area contributed by atoms with E-state index in [1.807, 2.05) is 19.1 Å². The van der Waals surface area contributed by atoms with Gasteiger partial charge in [-0.3, -0.25) is 4.79 Å². The fraction of sp³-hybridized carbons (Fsp3) is 0.375. The average Bonchev–Trinajstić information content (AvgIpc) is 3.15. The van der Waals surface area contributed by atoms with Crippen LogP contribution in [0.3, 0.4) is 0 Å². The van der Waals surface area contributed by atoms with Crippen LogP contribution in [0.4, 0.5) is 0 Å². The Hall–Kier alpha value is -1.85. The lowest BCUT2D eigenvalue weighted by Crippen LogP contribution is -2.29. The minimum Gasteiger partial charge on any atom is -0.381 e. The first-order valence-corrected chi connectivity index (χ1v) is 7.69. The summed E-state index contributed by atoms with van der Waals surface area (Å²) in [5.74, 6) is 0.320. The largest absolute Gasteiger partial charge is 0.381 e. The van der Waals surface area contributed by atoms with E-state index in [2.05, 4.69) is 10.4 Å². The van der Waals surface area contributed by atoms with E-state index < -0.39 is 0 Å². The zero-order valence-corrected chi connectivity index (χ0v) is 13.1. The van der Waals surface area contributed by atoms with Crippen molar-refractivity contribution < 1.29 is 9.53 Å². The second-order valence-electron chi connectivity index (χ2n) is 5.47. The van der Waals surface area contributed by atoms with E-state index in [0.29, 0.717) is 23.0 Å². The second kappa shape index (κ2) is 6.50. The van der Waals surface area contributed by atoms with E-state index in [-0.39, 0.29) is 5.91 Å². The summed E-state index contributed by atoms with van der Waals surface area (Å²) in [5.41, 5.74) is 2.28. The number of hydrogen-bond donors (Lipinski definition) is 1. The van der Waals surface area contributed by atoms with Crippen molar-refractivity contribution in [2.75, 3.05) is 19.8 Å². The van der Waals surface area contributed by atoms with Gasteiger partial charge in [0, 0.05) is 24.1 Å². The number of ether oxygens (including phenoxy) is 1. The summed E-state index contributed by atoms with van der Waals surface area (Å²) in [4.78, 5) is 12.3. The third-order valence-corrected chi connectivity index (χ3v) is 4.15. The van der Waals surface area contributed by atoms with Crippen molar-refractivity contribution in [2.24, 2.45) is 5.92 Å². The molecular formula is C16H18ClN3O2. The smallest absolute Gasteiger partial charge is 0.254 e. The van der Waals surface area contributed by atoms with Crippen LogP contribution >= 0.6 is 11.6 Å². The SMILES string of the molecule is Cc1c(C(=O)NC[C@@H]2CCOC2)cnn1-c1ccc(Cl)cc1. The molecule has 0 spiro atoms. The fourth-order valence-corrected chi connectivity index (χ4v) is 2.68. The number of rotatable bonds is 4. The lowest BCUT2D eigenvalue weighted by atomic mass is 10.1. The first-order valence-electron chi connectivity index (χ1n) is 7.31. The van der Waals surface area contributed by atoms with Gasteiger partial charge in [-0.2, -0.15) is 5.10 Å². The molecule has 0 radical (unpaired) electrons. The number of nitrogens with zero attached hydrogens (tertiary/aromatic N) is 2. The van der Waals surface area contributed by atoms with Crippen LogP contribution in [-0.4, -0.2) is 35.4 Å². The number of aromatic nitrogens is 2. The summed E-state index contributed by atoms with van der Waals surface area (Å²) in [6.07, 6.45) is 2.60. The number of benzene rings is 1. The van der Waals surface area contributed by atoms with Crippen LogP contribution < -0.4 is 5.32 Å². The van der Waals surface area contributed by atoms with E-state index in [0.717, 1.165) is 31.0 Å². The molecule has 1 fully saturated rings. The van der Waals surface area contributed by atoms with Crippen LogP contribution in [0.25, 0.3) is 5.69 Å². The molecule has 1 atom stereocenters. The maximum atomic E-state index is 12.3. The predicted octanol–water partition coefficient (Wildman–Crippen LogP) is 2.60. The minimum absolute atomic E-state index is 0.0930. The van der Waals surface area contributed by atoms with E-state index in [1.54, 1.807) is 23.0 Å². The number of carbonyl (C=O) groups excluding carboxylic acids is 1. The Kier molecular flexibility index (Phi) is 4.45. The summed E-state index contributed by atoms with van der Waals surface area (Å²) >= 11 is 5.89. The highest BCUT2D eigenvalue weighted by molar-refractivity contribution is 6.30. The molecule has 1 N–H and O–H groups in total. The van der Waals surface area contributed by atoms with Crippen molar-refractivity contribution in [3.63, 3.8) is 0 Å². The zero-order valence-electron chi connectivity index (χ0n) is 12.4. The summed E-state index contributed by atoms with van der Waals surface area (Å²) in [7, 11) is 0. The van der Waals surface area contributed by atoms with Gasteiger partial charge in [0.2, 0.25) is 0 Å². The molecule has 5 nitrogen and oxygen atoms in total. The second-order valence-corrected chi connectivity index (χ2v) is 5.91. The number of nitrogens with one attached hydrogen (secondary N) is 1. The molecule has 1 aliphatic heterocycles. The maximum Gasteiger partial charge on any atom is 0.254 e. The number of halogens is 1. The Bertz CT molecular complexity index is 661. The maximum absolute atomic E-state index is 12.3. The number of carbonyl (C=O) groups is 1. The highest BCUT2D eigenvalue weighted by Crippen LogP contribution is 2.17. The monoisotopic (exact) mass is 319 g/mol. The van der Waals surface area contributed by atoms with Gasteiger partial charge in [0.15, 0.2) is 0 Å². The zero-order chi connectivity index (χ0) is 15.5. The molecule has 0 bridgehead atoms. The number of amides is 1. The molecule has 0 aliphatic carbocycles. The lowest BCUT2D eigenvalue weighted by Gasteiger charge is -2.09. The molecule has 2 aromatic rings. The highest BCUT2D eigenvalue weighted by Gasteiger charge is 2.19. The van der Waals surface area contributed by atoms with Crippen molar-refractivity contribution in [3.05, 3.63) is 46.7 Å². The van der Waals surface area contributed by atoms with Gasteiger partial charge in [-0.05, 0) is 37.6 Å². The van der Waals surface area contributed by atoms with Gasteiger partial charge in [-0.15, -0.1) is 0 Å². The Balaban J connectivity index is 1.72. The molecule has 1 aliphatic rings. The van der Waals surface area contributed by atoms with Gasteiger partial charge >= 0.3 is 0 Å². The molecule has 22 heavy (non-hydrogen) atoms. The van der Waals surface area contributed by atoms with E-state index in [4.69, 9.17) is 16.3 Å². The van der Waals surface area contributed by atoms with Crippen molar-refractivity contribution >= 4 is 17.5 Å². The molecule has 2 heterocycles. The van der Waals surface area contributed by atoms with Crippen molar-refractivity contribution in [1.82, 2.24) is 15.1 Å². The molecule has 0 unspecified atom stereocenters. The molecule has 1 saturated heterocycles. The topological polar surface area (TPSA) is 56.1 Å². The fourth-order valence-electron chi connectivity index (χ4n) is 2.55. The molecule has 1 aromatic heterocycles. The summed E-state index contributed by atoms with van der Waals surface area (Å²) in [6.45, 7) is 4.04. The van der Waals surface area contributed by atoms with Gasteiger partial charge in [0.1, 0.15) is 0 Å². The first-order chi connectivity index (χ1) is 10.6. The molecule has 3 rings (SSSR count). The van der Waals surface area contributed by atoms with E-state index in [1.165, 1.54) is 0 Å². The van der Waals surface area contributed by atoms with Gasteiger partial charge < -0.3 is 10.1 Å². The molecule has 116 valence electrons. The highest BCUT2D eigenvalue weighted by atomic mass is 35.5. The summed E-state index contributed by atoms with van der Waals surface area (Å²) in [5, 5.41) is 7.94. The van der Waals surface area contributed by atoms with Crippen LogP contribution in [0.15, 0.2) is 30.5 Å². The average molecular weight is 320 g/mol. The lowest BCUT2D eigenvalue weighted by molar-refractivity contribution is 0.0944. The Labute approximate surface area is 134 Å². The summed E-state index contributed by atoms with van der Waals surface area (Å²) < 4.78 is 7.05. The van der Waals surface area contributed by atoms with Gasteiger partial charge in [-0.1, -0.05) is 11.6 Å². The minimum atomic E-state index is -0.0930. The normalized spacial score (nSPS) is 17.6. The van der Waals surface area contributed by atoms with Gasteiger partial charge in [0.25, 0.3) is 5.91 Å². The van der Waals surface area contributed by atoms with Crippen molar-refractivity contribution in [1.29, 1.82) is 0 Å². The Morgan fingerprint density at radius 1 is 1.45 bits per heavy atom. The quantitative estimate of drug-likeness (QED) is 0.942. The van der Waals surface area contributed by atoms with Crippen LogP contribution in [0, 0.1) is 12.8 Å². The third-order valence-electron chi connectivity index (χ3n) is 3.90. The van der Waals surface area contributed by atoms with Crippen LogP contribution in [0.5, 0.6) is 0 Å². The predicted molar refractivity (Wildman–Crippen MR) is 84.6 cm³/mol. The molecule has 6 heteroatoms. The summed E-state index contributed by atoms with van der Waals surface area (Å²) in [6, 6.07) is 7.36. The van der Waals surface area contributed by atoms with E-state index >= 15 is 0 Å². The Morgan fingerprint density at radius 2 is 2.23 bits per heavy atom. The number of hydrogen-bond acceptors (Lipinski definition) is 3. The third kappa shape index (κ3) is 3.15. The van der Waals surface area contributed by atoms with Crippen LogP contribution in [0.1, 0.15) is 22.5 Å². The van der Waals surface area contributed by atoms with Gasteiger partial charge in [-0.25, -0.2) is 4.68 Å². The van der Waals surface area contributed by atoms with Crippen LogP contribution in [0.2, 0.25) is 5.02 Å². The Morgan fingerprint density at radius 3 is 2.91 bits per heavy atom. The van der Waals surface area contributed by atoms with Crippen LogP contribution in [-0.2, 0) is 4.74 Å². The van der Waals surface area contributed by atoms with Crippen molar-refractivity contribution in [2.45, 2.75) is 13.3 Å². The first kappa shape index (κ1) is 15.1. The molecular weight excluding hydrogens is 302 g/mol. The standard InChI is InChI=1S/C16H18ClN3O2/c1-11-15(16(21)18-8-12-6-7-22-10-12)9-19-20(11)14-4-2-13(17)3-5-14/h2-5,9,12H,6-8,10H2,1H3,(H,18,21)/t12-/m0/s1.